The molecule has 1 aromatic heterocycles. The minimum Gasteiger partial charge on any atom is -0.378 e. The van der Waals surface area contributed by atoms with Gasteiger partial charge < -0.3 is 14.2 Å². The molecule has 1 aliphatic heterocycles. The summed E-state index contributed by atoms with van der Waals surface area (Å²) in [7, 11) is 0. The van der Waals surface area contributed by atoms with Crippen molar-refractivity contribution in [2.45, 2.75) is 13.0 Å². The van der Waals surface area contributed by atoms with Gasteiger partial charge in [-0.05, 0) is 0 Å². The topological polar surface area (TPSA) is 47.4 Å². The van der Waals surface area contributed by atoms with Crippen LogP contribution in [-0.2, 0) is 16.1 Å². The molecule has 1 aliphatic rings. The van der Waals surface area contributed by atoms with Crippen LogP contribution < -0.4 is 0 Å². The number of aryl methyl sites for hydroxylation is 1. The molecule has 1 saturated heterocycles. The quantitative estimate of drug-likeness (QED) is 0.698. The van der Waals surface area contributed by atoms with Crippen LogP contribution in [0.1, 0.15) is 6.42 Å². The van der Waals surface area contributed by atoms with Crippen LogP contribution in [0.2, 0.25) is 0 Å². The van der Waals surface area contributed by atoms with Crippen LogP contribution in [-0.4, -0.2) is 46.7 Å². The van der Waals surface area contributed by atoms with Crippen molar-refractivity contribution >= 4 is 5.91 Å². The van der Waals surface area contributed by atoms with E-state index in [0.717, 1.165) is 13.1 Å². The largest absolute Gasteiger partial charge is 0.378 e. The number of carbonyl (C=O) groups excluding carboxylic acids is 1. The number of aromatic nitrogens is 2. The third-order valence-electron chi connectivity index (χ3n) is 2.45. The van der Waals surface area contributed by atoms with Crippen molar-refractivity contribution in [3.05, 3.63) is 18.7 Å². The predicted molar refractivity (Wildman–Crippen MR) is 53.1 cm³/mol. The van der Waals surface area contributed by atoms with Crippen molar-refractivity contribution in [2.24, 2.45) is 0 Å². The van der Waals surface area contributed by atoms with E-state index < -0.39 is 0 Å². The molecule has 1 fully saturated rings. The maximum absolute atomic E-state index is 11.7. The smallest absolute Gasteiger partial charge is 0.224 e. The Hall–Kier alpha value is -1.36. The van der Waals surface area contributed by atoms with E-state index in [-0.39, 0.29) is 5.91 Å². The van der Waals surface area contributed by atoms with Gasteiger partial charge in [0.1, 0.15) is 6.20 Å². The standard InChI is InChI=1S/C10H14N3O2/c14-10(13-5-7-15-8-6-13)1-3-12-4-2-11-9-12/h4,9H,1,3,5-8H2. The Morgan fingerprint density at radius 3 is 2.93 bits per heavy atom. The average molecular weight is 208 g/mol. The first-order valence-corrected chi connectivity index (χ1v) is 5.09. The molecule has 81 valence electrons. The molecule has 2 heterocycles. The van der Waals surface area contributed by atoms with Crippen LogP contribution in [0.25, 0.3) is 0 Å². The molecular formula is C10H14N3O2. The minimum absolute atomic E-state index is 0.187. The van der Waals surface area contributed by atoms with Gasteiger partial charge in [-0.15, -0.1) is 0 Å². The van der Waals surface area contributed by atoms with Crippen molar-refractivity contribution in [1.29, 1.82) is 0 Å². The Bertz CT molecular complexity index is 304. The van der Waals surface area contributed by atoms with Gasteiger partial charge in [0.15, 0.2) is 0 Å². The van der Waals surface area contributed by atoms with Crippen molar-refractivity contribution in [1.82, 2.24) is 14.5 Å². The summed E-state index contributed by atoms with van der Waals surface area (Å²) in [6.07, 6.45) is 6.63. The number of morpholine rings is 1. The molecule has 1 radical (unpaired) electrons. The van der Waals surface area contributed by atoms with Gasteiger partial charge in [0.2, 0.25) is 5.91 Å². The van der Waals surface area contributed by atoms with Gasteiger partial charge in [0, 0.05) is 32.3 Å². The van der Waals surface area contributed by atoms with Gasteiger partial charge in [-0.1, -0.05) is 0 Å². The first kappa shape index (κ1) is 10.2. The Morgan fingerprint density at radius 2 is 2.27 bits per heavy atom. The fraction of sp³-hybridized carbons (Fsp3) is 0.600. The summed E-state index contributed by atoms with van der Waals surface area (Å²) < 4.78 is 7.05. The third-order valence-corrected chi connectivity index (χ3v) is 2.45. The highest BCUT2D eigenvalue weighted by Gasteiger charge is 2.15. The third kappa shape index (κ3) is 2.79. The highest BCUT2D eigenvalue weighted by atomic mass is 16.5. The van der Waals surface area contributed by atoms with E-state index in [4.69, 9.17) is 4.74 Å². The summed E-state index contributed by atoms with van der Waals surface area (Å²) in [5, 5.41) is 0. The number of carbonyl (C=O) groups is 1. The van der Waals surface area contributed by atoms with Crippen LogP contribution in [0.5, 0.6) is 0 Å². The summed E-state index contributed by atoms with van der Waals surface area (Å²) in [6.45, 7) is 3.42. The molecular weight excluding hydrogens is 194 g/mol. The van der Waals surface area contributed by atoms with Crippen LogP contribution in [0.4, 0.5) is 0 Å². The molecule has 0 aliphatic carbocycles. The van der Waals surface area contributed by atoms with Gasteiger partial charge >= 0.3 is 0 Å². The van der Waals surface area contributed by atoms with E-state index in [2.05, 4.69) is 11.2 Å². The molecule has 1 amide bonds. The maximum atomic E-state index is 11.7. The second-order valence-electron chi connectivity index (χ2n) is 3.48. The molecule has 5 heteroatoms. The molecule has 15 heavy (non-hydrogen) atoms. The molecule has 0 saturated carbocycles. The monoisotopic (exact) mass is 208 g/mol. The molecule has 0 atom stereocenters. The number of nitrogens with zero attached hydrogens (tertiary/aromatic N) is 3. The molecule has 0 aromatic carbocycles. The van der Waals surface area contributed by atoms with E-state index in [1.807, 2.05) is 9.47 Å². The Labute approximate surface area is 88.7 Å². The zero-order valence-corrected chi connectivity index (χ0v) is 8.56. The second kappa shape index (κ2) is 4.93. The van der Waals surface area contributed by atoms with Crippen molar-refractivity contribution in [2.75, 3.05) is 26.3 Å². The van der Waals surface area contributed by atoms with E-state index in [0.29, 0.717) is 26.2 Å². The highest BCUT2D eigenvalue weighted by molar-refractivity contribution is 5.76. The lowest BCUT2D eigenvalue weighted by Crippen LogP contribution is -2.40. The van der Waals surface area contributed by atoms with E-state index in [9.17, 15) is 4.79 Å². The number of ether oxygens (including phenoxy) is 1. The van der Waals surface area contributed by atoms with Crippen molar-refractivity contribution < 1.29 is 9.53 Å². The fourth-order valence-electron chi connectivity index (χ4n) is 1.57. The Kier molecular flexibility index (Phi) is 3.34. The highest BCUT2D eigenvalue weighted by Crippen LogP contribution is 2.01. The number of amides is 1. The van der Waals surface area contributed by atoms with Crippen LogP contribution in [0.3, 0.4) is 0 Å². The fourth-order valence-corrected chi connectivity index (χ4v) is 1.57. The normalized spacial score (nSPS) is 16.7. The predicted octanol–water partition coefficient (Wildman–Crippen LogP) is -0.0678. The number of hydrogen-bond acceptors (Lipinski definition) is 3. The van der Waals surface area contributed by atoms with Gasteiger partial charge in [-0.25, -0.2) is 4.98 Å². The zero-order chi connectivity index (χ0) is 10.5. The average Bonchev–Trinajstić information content (AvgIpc) is 2.80. The minimum atomic E-state index is 0.187. The molecule has 0 unspecified atom stereocenters. The molecule has 0 spiro atoms. The molecule has 5 nitrogen and oxygen atoms in total. The lowest BCUT2D eigenvalue weighted by molar-refractivity contribution is -0.135. The summed E-state index contributed by atoms with van der Waals surface area (Å²) in [4.78, 5) is 17.4. The summed E-state index contributed by atoms with van der Waals surface area (Å²) in [5.74, 6) is 0.187. The Balaban J connectivity index is 1.76. The van der Waals surface area contributed by atoms with E-state index in [1.54, 1.807) is 12.5 Å². The maximum Gasteiger partial charge on any atom is 0.224 e. The van der Waals surface area contributed by atoms with Gasteiger partial charge in [0.25, 0.3) is 0 Å². The second-order valence-corrected chi connectivity index (χ2v) is 3.48. The lowest BCUT2D eigenvalue weighted by Gasteiger charge is -2.26. The Morgan fingerprint density at radius 1 is 1.47 bits per heavy atom. The SMILES string of the molecule is O=C(CCn1c[c]nc1)N1CCOCC1. The van der Waals surface area contributed by atoms with E-state index >= 15 is 0 Å². The van der Waals surface area contributed by atoms with Gasteiger partial charge in [0.05, 0.1) is 19.5 Å². The molecule has 1 aromatic rings. The molecule has 0 bridgehead atoms. The summed E-state index contributed by atoms with van der Waals surface area (Å²) >= 11 is 0. The van der Waals surface area contributed by atoms with Crippen molar-refractivity contribution in [3.8, 4) is 0 Å². The van der Waals surface area contributed by atoms with Crippen LogP contribution in [0.15, 0.2) is 12.5 Å². The number of hydrogen-bond donors (Lipinski definition) is 0. The lowest BCUT2D eigenvalue weighted by atomic mass is 10.3. The first-order chi connectivity index (χ1) is 7.36. The van der Waals surface area contributed by atoms with Crippen LogP contribution in [0, 0.1) is 6.20 Å². The van der Waals surface area contributed by atoms with Crippen LogP contribution >= 0.6 is 0 Å². The zero-order valence-electron chi connectivity index (χ0n) is 8.56. The summed E-state index contributed by atoms with van der Waals surface area (Å²) in [5.41, 5.74) is 0. The van der Waals surface area contributed by atoms with Crippen molar-refractivity contribution in [3.63, 3.8) is 0 Å². The molecule has 0 N–H and O–H groups in total. The first-order valence-electron chi connectivity index (χ1n) is 5.09. The van der Waals surface area contributed by atoms with Gasteiger partial charge in [-0.2, -0.15) is 0 Å². The van der Waals surface area contributed by atoms with E-state index in [1.165, 1.54) is 0 Å². The number of rotatable bonds is 3. The summed E-state index contributed by atoms with van der Waals surface area (Å²) in [6, 6.07) is 0. The molecule has 2 rings (SSSR count). The van der Waals surface area contributed by atoms with Gasteiger partial charge in [-0.3, -0.25) is 4.79 Å². The number of imidazole rings is 1.